The molecule has 0 aliphatic carbocycles. The van der Waals surface area contributed by atoms with Gasteiger partial charge in [0.25, 0.3) is 11.1 Å². The molecule has 1 saturated heterocycles. The molecule has 4 nitrogen and oxygen atoms in total. The highest BCUT2D eigenvalue weighted by atomic mass is 79.9. The first-order valence-corrected chi connectivity index (χ1v) is 12.2. The van der Waals surface area contributed by atoms with Gasteiger partial charge in [0.05, 0.1) is 11.4 Å². The number of halogens is 1. The molecule has 0 unspecified atom stereocenters. The second-order valence-electron chi connectivity index (χ2n) is 8.05. The second kappa shape index (κ2) is 8.69. The fraction of sp³-hybridized carbons (Fsp3) is 0.111. The summed E-state index contributed by atoms with van der Waals surface area (Å²) >= 11 is 4.54. The Morgan fingerprint density at radius 3 is 2.52 bits per heavy atom. The van der Waals surface area contributed by atoms with Crippen LogP contribution in [0.1, 0.15) is 22.5 Å². The smallest absolute Gasteiger partial charge is 0.293 e. The fourth-order valence-corrected chi connectivity index (χ4v) is 5.54. The third kappa shape index (κ3) is 4.05. The van der Waals surface area contributed by atoms with Crippen LogP contribution in [0.5, 0.6) is 0 Å². The molecule has 1 fully saturated rings. The Hall–Kier alpha value is -3.09. The second-order valence-corrected chi connectivity index (χ2v) is 9.96. The molecule has 0 atom stereocenters. The van der Waals surface area contributed by atoms with E-state index in [1.807, 2.05) is 80.6 Å². The van der Waals surface area contributed by atoms with E-state index in [2.05, 4.69) is 32.6 Å². The lowest BCUT2D eigenvalue weighted by Gasteiger charge is -2.14. The molecule has 4 aromatic rings. The summed E-state index contributed by atoms with van der Waals surface area (Å²) in [5.74, 6) is -0.245. The number of fused-ring (bicyclic) bond motifs is 1. The van der Waals surface area contributed by atoms with E-state index in [1.165, 1.54) is 4.90 Å². The van der Waals surface area contributed by atoms with Gasteiger partial charge in [0.1, 0.15) is 0 Å². The standard InChI is InChI=1S/C27H21BrN2O2S/c1-17-13-21(18(2)30(17)23-11-6-10-22(28)15-23)14-25-26(31)29(27(32)33-25)16-20-9-5-8-19-7-3-4-12-24(19)20/h3-15H,16H2,1-2H3/b25-14+. The van der Waals surface area contributed by atoms with Gasteiger partial charge in [0, 0.05) is 21.5 Å². The van der Waals surface area contributed by atoms with Crippen LogP contribution in [0.3, 0.4) is 0 Å². The van der Waals surface area contributed by atoms with E-state index in [4.69, 9.17) is 0 Å². The minimum atomic E-state index is -0.245. The monoisotopic (exact) mass is 516 g/mol. The summed E-state index contributed by atoms with van der Waals surface area (Å²) in [6, 6.07) is 24.1. The highest BCUT2D eigenvalue weighted by Gasteiger charge is 2.35. The summed E-state index contributed by atoms with van der Waals surface area (Å²) in [6.45, 7) is 4.33. The maximum absolute atomic E-state index is 13.2. The molecular formula is C27H21BrN2O2S. The zero-order chi connectivity index (χ0) is 23.1. The van der Waals surface area contributed by atoms with Crippen molar-refractivity contribution in [1.29, 1.82) is 0 Å². The predicted octanol–water partition coefficient (Wildman–Crippen LogP) is 7.25. The molecule has 1 aliphatic rings. The van der Waals surface area contributed by atoms with Gasteiger partial charge in [-0.25, -0.2) is 0 Å². The van der Waals surface area contributed by atoms with Gasteiger partial charge in [-0.15, -0.1) is 0 Å². The van der Waals surface area contributed by atoms with Crippen LogP contribution < -0.4 is 0 Å². The van der Waals surface area contributed by atoms with E-state index in [0.717, 1.165) is 55.2 Å². The van der Waals surface area contributed by atoms with Crippen molar-refractivity contribution in [2.75, 3.05) is 0 Å². The maximum atomic E-state index is 13.2. The van der Waals surface area contributed by atoms with E-state index in [9.17, 15) is 9.59 Å². The van der Waals surface area contributed by atoms with Crippen LogP contribution in [0.25, 0.3) is 22.5 Å². The topological polar surface area (TPSA) is 42.3 Å². The van der Waals surface area contributed by atoms with Crippen LogP contribution in [-0.2, 0) is 11.3 Å². The molecule has 164 valence electrons. The molecule has 2 heterocycles. The van der Waals surface area contributed by atoms with E-state index in [1.54, 1.807) is 0 Å². The first kappa shape index (κ1) is 21.7. The average Bonchev–Trinajstić information content (AvgIpc) is 3.23. The van der Waals surface area contributed by atoms with E-state index < -0.39 is 0 Å². The Balaban J connectivity index is 1.46. The number of rotatable bonds is 4. The molecule has 0 N–H and O–H groups in total. The third-order valence-electron chi connectivity index (χ3n) is 5.91. The molecule has 1 aliphatic heterocycles. The number of nitrogens with zero attached hydrogens (tertiary/aromatic N) is 2. The largest absolute Gasteiger partial charge is 0.318 e. The molecule has 0 radical (unpaired) electrons. The van der Waals surface area contributed by atoms with Crippen LogP contribution in [0.2, 0.25) is 0 Å². The summed E-state index contributed by atoms with van der Waals surface area (Å²) in [4.78, 5) is 27.7. The van der Waals surface area contributed by atoms with Gasteiger partial charge in [-0.05, 0) is 77.9 Å². The number of carbonyl (C=O) groups is 2. The van der Waals surface area contributed by atoms with Crippen molar-refractivity contribution in [3.05, 3.63) is 105 Å². The lowest BCUT2D eigenvalue weighted by molar-refractivity contribution is -0.123. The lowest BCUT2D eigenvalue weighted by atomic mass is 10.0. The number of amides is 2. The normalized spacial score (nSPS) is 15.2. The van der Waals surface area contributed by atoms with Crippen LogP contribution >= 0.6 is 27.7 Å². The molecule has 0 spiro atoms. The number of hydrogen-bond acceptors (Lipinski definition) is 3. The number of aryl methyl sites for hydroxylation is 1. The molecule has 33 heavy (non-hydrogen) atoms. The quantitative estimate of drug-likeness (QED) is 0.268. The Bertz CT molecular complexity index is 1450. The number of imide groups is 1. The molecule has 1 aromatic heterocycles. The first-order chi connectivity index (χ1) is 15.9. The molecule has 0 bridgehead atoms. The van der Waals surface area contributed by atoms with E-state index >= 15 is 0 Å². The fourth-order valence-electron chi connectivity index (χ4n) is 4.32. The molecule has 3 aromatic carbocycles. The Kier molecular flexibility index (Phi) is 5.72. The molecule has 0 saturated carbocycles. The Labute approximate surface area is 205 Å². The summed E-state index contributed by atoms with van der Waals surface area (Å²) in [5, 5.41) is 1.91. The number of hydrogen-bond donors (Lipinski definition) is 0. The average molecular weight is 517 g/mol. The van der Waals surface area contributed by atoms with Gasteiger partial charge in [0.2, 0.25) is 0 Å². The molecular weight excluding hydrogens is 496 g/mol. The minimum Gasteiger partial charge on any atom is -0.318 e. The SMILES string of the molecule is Cc1cc(/C=C2/SC(=O)N(Cc3cccc4ccccc34)C2=O)c(C)n1-c1cccc(Br)c1. The Morgan fingerprint density at radius 1 is 0.939 bits per heavy atom. The van der Waals surface area contributed by atoms with Crippen molar-refractivity contribution in [1.82, 2.24) is 9.47 Å². The zero-order valence-electron chi connectivity index (χ0n) is 18.2. The number of benzene rings is 3. The van der Waals surface area contributed by atoms with Gasteiger partial charge >= 0.3 is 0 Å². The van der Waals surface area contributed by atoms with Gasteiger partial charge in [-0.2, -0.15) is 0 Å². The summed E-state index contributed by atoms with van der Waals surface area (Å²) in [6.07, 6.45) is 1.84. The summed E-state index contributed by atoms with van der Waals surface area (Å²) in [5.41, 5.74) is 5.02. The summed E-state index contributed by atoms with van der Waals surface area (Å²) < 4.78 is 3.15. The maximum Gasteiger partial charge on any atom is 0.293 e. The Morgan fingerprint density at radius 2 is 1.70 bits per heavy atom. The lowest BCUT2D eigenvalue weighted by Crippen LogP contribution is -2.27. The van der Waals surface area contributed by atoms with Crippen molar-refractivity contribution in [3.63, 3.8) is 0 Å². The van der Waals surface area contributed by atoms with Crippen LogP contribution in [0.4, 0.5) is 4.79 Å². The van der Waals surface area contributed by atoms with E-state index in [-0.39, 0.29) is 17.7 Å². The first-order valence-electron chi connectivity index (χ1n) is 10.6. The number of aromatic nitrogens is 1. The van der Waals surface area contributed by atoms with Crippen molar-refractivity contribution in [2.24, 2.45) is 0 Å². The molecule has 2 amide bonds. The van der Waals surface area contributed by atoms with Gasteiger partial charge in [0.15, 0.2) is 0 Å². The number of carbonyl (C=O) groups excluding carboxylic acids is 2. The van der Waals surface area contributed by atoms with Crippen LogP contribution in [-0.4, -0.2) is 20.6 Å². The number of thioether (sulfide) groups is 1. The van der Waals surface area contributed by atoms with Crippen LogP contribution in [0.15, 0.2) is 82.2 Å². The minimum absolute atomic E-state index is 0.236. The van der Waals surface area contributed by atoms with Crippen molar-refractivity contribution < 1.29 is 9.59 Å². The molecule has 6 heteroatoms. The zero-order valence-corrected chi connectivity index (χ0v) is 20.6. The summed E-state index contributed by atoms with van der Waals surface area (Å²) in [7, 11) is 0. The van der Waals surface area contributed by atoms with Crippen LogP contribution in [0, 0.1) is 13.8 Å². The van der Waals surface area contributed by atoms with Crippen molar-refractivity contribution in [3.8, 4) is 5.69 Å². The van der Waals surface area contributed by atoms with E-state index in [0.29, 0.717) is 4.91 Å². The highest BCUT2D eigenvalue weighted by Crippen LogP contribution is 2.35. The van der Waals surface area contributed by atoms with Gasteiger partial charge in [-0.1, -0.05) is 64.5 Å². The van der Waals surface area contributed by atoms with Gasteiger partial charge < -0.3 is 4.57 Å². The molecule has 5 rings (SSSR count). The third-order valence-corrected chi connectivity index (χ3v) is 7.31. The highest BCUT2D eigenvalue weighted by molar-refractivity contribution is 9.10. The van der Waals surface area contributed by atoms with Crippen molar-refractivity contribution >= 4 is 55.7 Å². The van der Waals surface area contributed by atoms with Crippen molar-refractivity contribution in [2.45, 2.75) is 20.4 Å². The predicted molar refractivity (Wildman–Crippen MR) is 138 cm³/mol. The van der Waals surface area contributed by atoms with Gasteiger partial charge in [-0.3, -0.25) is 14.5 Å².